The zero-order valence-corrected chi connectivity index (χ0v) is 11.6. The van der Waals surface area contributed by atoms with Gasteiger partial charge in [-0.3, -0.25) is 0 Å². The lowest BCUT2D eigenvalue weighted by Crippen LogP contribution is -2.07. The Kier molecular flexibility index (Phi) is 4.27. The van der Waals surface area contributed by atoms with Gasteiger partial charge in [-0.1, -0.05) is 29.3 Å². The molecule has 0 aliphatic heterocycles. The predicted octanol–water partition coefficient (Wildman–Crippen LogP) is 5.44. The van der Waals surface area contributed by atoms with Crippen LogP contribution in [0.4, 0.5) is 14.5 Å². The maximum absolute atomic E-state index is 13.4. The maximum atomic E-state index is 13.4. The van der Waals surface area contributed by atoms with Crippen LogP contribution in [0.2, 0.25) is 10.0 Å². The topological polar surface area (TPSA) is 12.0 Å². The van der Waals surface area contributed by atoms with Crippen molar-refractivity contribution < 1.29 is 8.78 Å². The van der Waals surface area contributed by atoms with Gasteiger partial charge in [0.2, 0.25) is 0 Å². The van der Waals surface area contributed by atoms with Crippen LogP contribution in [0.25, 0.3) is 0 Å². The van der Waals surface area contributed by atoms with E-state index in [-0.39, 0.29) is 16.1 Å². The molecule has 0 saturated heterocycles. The van der Waals surface area contributed by atoms with Gasteiger partial charge in [-0.05, 0) is 42.8 Å². The van der Waals surface area contributed by atoms with E-state index < -0.39 is 11.6 Å². The molecular weight excluding hydrogens is 291 g/mol. The first kappa shape index (κ1) is 14.1. The Hall–Kier alpha value is -1.32. The minimum absolute atomic E-state index is 0.0794. The van der Waals surface area contributed by atoms with Crippen molar-refractivity contribution in [3.8, 4) is 0 Å². The molecule has 1 unspecified atom stereocenters. The quantitative estimate of drug-likeness (QED) is 0.795. The molecule has 2 rings (SSSR count). The third-order valence-corrected chi connectivity index (χ3v) is 3.37. The van der Waals surface area contributed by atoms with Crippen molar-refractivity contribution in [1.29, 1.82) is 0 Å². The van der Waals surface area contributed by atoms with Crippen LogP contribution in [0.1, 0.15) is 18.5 Å². The lowest BCUT2D eigenvalue weighted by Gasteiger charge is -2.17. The van der Waals surface area contributed by atoms with Crippen molar-refractivity contribution in [2.45, 2.75) is 13.0 Å². The van der Waals surface area contributed by atoms with Gasteiger partial charge in [-0.15, -0.1) is 0 Å². The summed E-state index contributed by atoms with van der Waals surface area (Å²) in [5.74, 6) is -0.876. The summed E-state index contributed by atoms with van der Waals surface area (Å²) in [6.07, 6.45) is 0. The van der Waals surface area contributed by atoms with E-state index in [0.29, 0.717) is 5.69 Å². The largest absolute Gasteiger partial charge is 0.377 e. The molecule has 0 heterocycles. The summed E-state index contributed by atoms with van der Waals surface area (Å²) in [5.41, 5.74) is 1.31. The Morgan fingerprint density at radius 2 is 1.74 bits per heavy atom. The standard InChI is InChI=1S/C14H11Cl2F2N/c1-8(9-2-4-11(15)13(18)6-9)19-14-5-3-10(17)7-12(14)16/h2-8,19H,1H3. The molecule has 0 saturated carbocycles. The van der Waals surface area contributed by atoms with Crippen LogP contribution in [0, 0.1) is 11.6 Å². The van der Waals surface area contributed by atoms with E-state index >= 15 is 0 Å². The van der Waals surface area contributed by atoms with Crippen LogP contribution >= 0.6 is 23.2 Å². The SMILES string of the molecule is CC(Nc1ccc(F)cc1Cl)c1ccc(Cl)c(F)c1. The summed E-state index contributed by atoms with van der Waals surface area (Å²) in [5, 5.41) is 3.45. The van der Waals surface area contributed by atoms with Crippen molar-refractivity contribution in [2.24, 2.45) is 0 Å². The lowest BCUT2D eigenvalue weighted by molar-refractivity contribution is 0.624. The highest BCUT2D eigenvalue weighted by atomic mass is 35.5. The first-order valence-electron chi connectivity index (χ1n) is 5.64. The summed E-state index contributed by atoms with van der Waals surface area (Å²) >= 11 is 11.5. The van der Waals surface area contributed by atoms with Crippen molar-refractivity contribution in [1.82, 2.24) is 0 Å². The van der Waals surface area contributed by atoms with Crippen LogP contribution in [-0.4, -0.2) is 0 Å². The number of halogens is 4. The molecule has 0 aromatic heterocycles. The fraction of sp³-hybridized carbons (Fsp3) is 0.143. The van der Waals surface area contributed by atoms with Gasteiger partial charge in [0.05, 0.1) is 15.7 Å². The van der Waals surface area contributed by atoms with Crippen LogP contribution in [-0.2, 0) is 0 Å². The van der Waals surface area contributed by atoms with Crippen LogP contribution in [0.3, 0.4) is 0 Å². The van der Waals surface area contributed by atoms with Crippen LogP contribution in [0.15, 0.2) is 36.4 Å². The van der Waals surface area contributed by atoms with E-state index in [0.717, 1.165) is 5.56 Å². The van der Waals surface area contributed by atoms with Crippen molar-refractivity contribution in [3.63, 3.8) is 0 Å². The van der Waals surface area contributed by atoms with Gasteiger partial charge in [-0.2, -0.15) is 0 Å². The van der Waals surface area contributed by atoms with Gasteiger partial charge < -0.3 is 5.32 Å². The first-order valence-corrected chi connectivity index (χ1v) is 6.39. The Morgan fingerprint density at radius 3 is 2.37 bits per heavy atom. The fourth-order valence-electron chi connectivity index (χ4n) is 1.70. The molecule has 1 atom stereocenters. The molecule has 0 fully saturated rings. The number of anilines is 1. The van der Waals surface area contributed by atoms with Crippen molar-refractivity contribution in [2.75, 3.05) is 5.32 Å². The van der Waals surface area contributed by atoms with E-state index in [2.05, 4.69) is 5.32 Å². The van der Waals surface area contributed by atoms with Gasteiger partial charge in [0, 0.05) is 6.04 Å². The van der Waals surface area contributed by atoms with Crippen LogP contribution < -0.4 is 5.32 Å². The van der Waals surface area contributed by atoms with Crippen LogP contribution in [0.5, 0.6) is 0 Å². The average molecular weight is 302 g/mol. The third-order valence-electron chi connectivity index (χ3n) is 2.75. The zero-order valence-electron chi connectivity index (χ0n) is 10.1. The smallest absolute Gasteiger partial charge is 0.142 e. The van der Waals surface area contributed by atoms with Crippen molar-refractivity contribution in [3.05, 3.63) is 63.6 Å². The lowest BCUT2D eigenvalue weighted by atomic mass is 10.1. The Bertz CT molecular complexity index is 602. The highest BCUT2D eigenvalue weighted by Gasteiger charge is 2.10. The van der Waals surface area contributed by atoms with E-state index in [1.807, 2.05) is 6.92 Å². The number of hydrogen-bond donors (Lipinski definition) is 1. The van der Waals surface area contributed by atoms with E-state index in [1.54, 1.807) is 12.1 Å². The molecule has 5 heteroatoms. The molecule has 2 aromatic carbocycles. The number of benzene rings is 2. The first-order chi connectivity index (χ1) is 8.97. The Morgan fingerprint density at radius 1 is 1.00 bits per heavy atom. The Balaban J connectivity index is 2.20. The minimum Gasteiger partial charge on any atom is -0.377 e. The molecular formula is C14H11Cl2F2N. The summed E-state index contributed by atoms with van der Waals surface area (Å²) in [7, 11) is 0. The minimum atomic E-state index is -0.474. The highest BCUT2D eigenvalue weighted by molar-refractivity contribution is 6.33. The molecule has 1 nitrogen and oxygen atoms in total. The van der Waals surface area contributed by atoms with Gasteiger partial charge in [0.15, 0.2) is 0 Å². The van der Waals surface area contributed by atoms with Crippen molar-refractivity contribution >= 4 is 28.9 Å². The Labute approximate surface area is 120 Å². The molecule has 2 aromatic rings. The monoisotopic (exact) mass is 301 g/mol. The molecule has 0 spiro atoms. The molecule has 100 valence electrons. The summed E-state index contributed by atoms with van der Waals surface area (Å²) < 4.78 is 26.3. The normalized spacial score (nSPS) is 12.3. The van der Waals surface area contributed by atoms with Gasteiger partial charge in [-0.25, -0.2) is 8.78 Å². The van der Waals surface area contributed by atoms with E-state index in [4.69, 9.17) is 23.2 Å². The second kappa shape index (κ2) is 5.76. The second-order valence-corrected chi connectivity index (χ2v) is 4.98. The van der Waals surface area contributed by atoms with Gasteiger partial charge in [0.1, 0.15) is 11.6 Å². The number of rotatable bonds is 3. The summed E-state index contributed by atoms with van der Waals surface area (Å²) in [6.45, 7) is 1.85. The van der Waals surface area contributed by atoms with E-state index in [1.165, 1.54) is 24.3 Å². The second-order valence-electron chi connectivity index (χ2n) is 4.16. The molecule has 0 aliphatic rings. The highest BCUT2D eigenvalue weighted by Crippen LogP contribution is 2.28. The maximum Gasteiger partial charge on any atom is 0.142 e. The fourth-order valence-corrected chi connectivity index (χ4v) is 2.04. The molecule has 0 aliphatic carbocycles. The molecule has 0 amide bonds. The third kappa shape index (κ3) is 3.37. The molecule has 0 radical (unpaired) electrons. The molecule has 0 bridgehead atoms. The predicted molar refractivity (Wildman–Crippen MR) is 74.9 cm³/mol. The molecule has 1 N–H and O–H groups in total. The van der Waals surface area contributed by atoms with Gasteiger partial charge in [0.25, 0.3) is 0 Å². The summed E-state index contributed by atoms with van der Waals surface area (Å²) in [4.78, 5) is 0. The number of hydrogen-bond acceptors (Lipinski definition) is 1. The van der Waals surface area contributed by atoms with E-state index in [9.17, 15) is 8.78 Å². The average Bonchev–Trinajstić information content (AvgIpc) is 2.36. The number of nitrogens with one attached hydrogen (secondary N) is 1. The zero-order chi connectivity index (χ0) is 14.0. The van der Waals surface area contributed by atoms with Gasteiger partial charge >= 0.3 is 0 Å². The summed E-state index contributed by atoms with van der Waals surface area (Å²) in [6, 6.07) is 8.46. The molecule has 19 heavy (non-hydrogen) atoms.